The molecular weight excluding hydrogens is 352 g/mol. The Morgan fingerprint density at radius 1 is 0.462 bits per heavy atom. The largest absolute Gasteiger partial charge is 0.394 e. The van der Waals surface area contributed by atoms with E-state index in [0.29, 0.717) is 25.7 Å². The molecule has 10 heteroatoms. The van der Waals surface area contributed by atoms with Gasteiger partial charge in [0.15, 0.2) is 0 Å². The van der Waals surface area contributed by atoms with Gasteiger partial charge in [-0.1, -0.05) is 12.8 Å². The molecule has 10 atom stereocenters. The van der Waals surface area contributed by atoms with E-state index < -0.39 is 74.3 Å². The zero-order chi connectivity index (χ0) is 19.4. The molecule has 2 fully saturated rings. The molecule has 10 nitrogen and oxygen atoms in total. The zero-order valence-electron chi connectivity index (χ0n) is 14.4. The Morgan fingerprint density at radius 2 is 0.769 bits per heavy atom. The van der Waals surface area contributed by atoms with Gasteiger partial charge >= 0.3 is 0 Å². The van der Waals surface area contributed by atoms with Gasteiger partial charge in [-0.25, -0.2) is 0 Å². The maximum absolute atomic E-state index is 9.97. The van der Waals surface area contributed by atoms with Crippen molar-refractivity contribution >= 4 is 0 Å². The van der Waals surface area contributed by atoms with Crippen molar-refractivity contribution in [2.45, 2.75) is 86.7 Å². The van der Waals surface area contributed by atoms with E-state index in [2.05, 4.69) is 0 Å². The number of ether oxygens (including phenoxy) is 2. The minimum Gasteiger partial charge on any atom is -0.394 e. The summed E-state index contributed by atoms with van der Waals surface area (Å²) in [7, 11) is 0. The maximum Gasteiger partial charge on any atom is 0.111 e. The van der Waals surface area contributed by atoms with Crippen LogP contribution in [0.2, 0.25) is 0 Å². The fourth-order valence-corrected chi connectivity index (χ4v) is 3.53. The number of hydrogen-bond acceptors (Lipinski definition) is 10. The molecule has 2 aliphatic heterocycles. The topological polar surface area (TPSA) is 180 Å². The van der Waals surface area contributed by atoms with Crippen LogP contribution >= 0.6 is 0 Å². The summed E-state index contributed by atoms with van der Waals surface area (Å²) in [6.45, 7) is -0.960. The Hall–Kier alpha value is -0.400. The number of hydrogen-bond donors (Lipinski definition) is 8. The molecule has 8 N–H and O–H groups in total. The molecule has 2 heterocycles. The summed E-state index contributed by atoms with van der Waals surface area (Å²) in [5.74, 6) is 0. The Morgan fingerprint density at radius 3 is 1.08 bits per heavy atom. The zero-order valence-corrected chi connectivity index (χ0v) is 14.4. The van der Waals surface area contributed by atoms with Crippen molar-refractivity contribution in [1.29, 1.82) is 0 Å². The number of aliphatic hydroxyl groups excluding tert-OH is 8. The minimum absolute atomic E-state index is 0.346. The van der Waals surface area contributed by atoms with Gasteiger partial charge in [0.25, 0.3) is 0 Å². The third-order valence-electron chi connectivity index (χ3n) is 5.21. The van der Waals surface area contributed by atoms with Crippen LogP contribution in [0.1, 0.15) is 25.7 Å². The van der Waals surface area contributed by atoms with E-state index >= 15 is 0 Å². The second kappa shape index (κ2) is 9.69. The fourth-order valence-electron chi connectivity index (χ4n) is 3.53. The van der Waals surface area contributed by atoms with Crippen LogP contribution in [-0.2, 0) is 9.47 Å². The van der Waals surface area contributed by atoms with E-state index in [4.69, 9.17) is 19.7 Å². The van der Waals surface area contributed by atoms with Crippen molar-refractivity contribution in [3.63, 3.8) is 0 Å². The highest BCUT2D eigenvalue weighted by atomic mass is 16.5. The first-order chi connectivity index (χ1) is 12.3. The molecule has 0 aliphatic carbocycles. The fraction of sp³-hybridized carbons (Fsp3) is 1.00. The van der Waals surface area contributed by atoms with E-state index in [1.165, 1.54) is 0 Å². The molecule has 2 rings (SSSR count). The number of rotatable bonds is 7. The highest BCUT2D eigenvalue weighted by molar-refractivity contribution is 4.93. The summed E-state index contributed by atoms with van der Waals surface area (Å²) in [5.41, 5.74) is 0. The Labute approximate surface area is 151 Å². The monoisotopic (exact) mass is 382 g/mol. The van der Waals surface area contributed by atoms with Gasteiger partial charge in [-0.15, -0.1) is 0 Å². The molecule has 0 radical (unpaired) electrons. The van der Waals surface area contributed by atoms with E-state index in [-0.39, 0.29) is 0 Å². The van der Waals surface area contributed by atoms with Crippen LogP contribution in [0.15, 0.2) is 0 Å². The Bertz CT molecular complexity index is 382. The van der Waals surface area contributed by atoms with E-state index in [0.717, 1.165) is 0 Å². The highest BCUT2D eigenvalue weighted by Crippen LogP contribution is 2.27. The molecule has 0 aromatic rings. The molecule has 26 heavy (non-hydrogen) atoms. The lowest BCUT2D eigenvalue weighted by Crippen LogP contribution is -2.58. The first-order valence-corrected chi connectivity index (χ1v) is 8.92. The summed E-state index contributed by atoms with van der Waals surface area (Å²) in [5, 5.41) is 77.3. The normalized spacial score (nSPS) is 47.1. The summed E-state index contributed by atoms with van der Waals surface area (Å²) in [4.78, 5) is 0. The minimum atomic E-state index is -1.41. The van der Waals surface area contributed by atoms with Crippen molar-refractivity contribution in [2.24, 2.45) is 0 Å². The van der Waals surface area contributed by atoms with Crippen LogP contribution < -0.4 is 0 Å². The van der Waals surface area contributed by atoms with Crippen molar-refractivity contribution in [1.82, 2.24) is 0 Å². The van der Waals surface area contributed by atoms with Gasteiger partial charge in [0.05, 0.1) is 25.4 Å². The summed E-state index contributed by atoms with van der Waals surface area (Å²) < 4.78 is 10.8. The highest BCUT2D eigenvalue weighted by Gasteiger charge is 2.44. The van der Waals surface area contributed by atoms with Crippen LogP contribution in [0.5, 0.6) is 0 Å². The second-order valence-electron chi connectivity index (χ2n) is 7.02. The molecule has 0 amide bonds. The molecule has 0 aromatic heterocycles. The first kappa shape index (κ1) is 21.9. The second-order valence-corrected chi connectivity index (χ2v) is 7.02. The third-order valence-corrected chi connectivity index (χ3v) is 5.21. The first-order valence-electron chi connectivity index (χ1n) is 8.92. The van der Waals surface area contributed by atoms with Crippen molar-refractivity contribution in [3.05, 3.63) is 0 Å². The van der Waals surface area contributed by atoms with Gasteiger partial charge in [-0.3, -0.25) is 0 Å². The lowest BCUT2D eigenvalue weighted by molar-refractivity contribution is -0.233. The third kappa shape index (κ3) is 4.71. The van der Waals surface area contributed by atoms with Crippen molar-refractivity contribution in [2.75, 3.05) is 13.2 Å². The van der Waals surface area contributed by atoms with E-state index in [1.807, 2.05) is 0 Å². The van der Waals surface area contributed by atoms with Crippen molar-refractivity contribution < 1.29 is 50.3 Å². The predicted octanol–water partition coefficient (Wildman–Crippen LogP) is -3.77. The lowest BCUT2D eigenvalue weighted by atomic mass is 9.90. The summed E-state index contributed by atoms with van der Waals surface area (Å²) in [6.07, 6.45) is -9.78. The van der Waals surface area contributed by atoms with E-state index in [1.54, 1.807) is 0 Å². The number of aliphatic hydroxyl groups is 8. The van der Waals surface area contributed by atoms with Crippen LogP contribution in [-0.4, -0.2) is 115 Å². The quantitative estimate of drug-likeness (QED) is 0.204. The molecule has 0 bridgehead atoms. The van der Waals surface area contributed by atoms with Crippen molar-refractivity contribution in [3.8, 4) is 0 Å². The molecule has 0 unspecified atom stereocenters. The Kier molecular flexibility index (Phi) is 8.16. The van der Waals surface area contributed by atoms with Gasteiger partial charge in [0.1, 0.15) is 48.8 Å². The molecule has 0 spiro atoms. The molecular formula is C16H30O10. The number of unbranched alkanes of at least 4 members (excludes halogenated alkanes) is 1. The van der Waals surface area contributed by atoms with Gasteiger partial charge in [-0.05, 0) is 12.8 Å². The van der Waals surface area contributed by atoms with Crippen LogP contribution in [0.3, 0.4) is 0 Å². The van der Waals surface area contributed by atoms with Gasteiger partial charge < -0.3 is 50.3 Å². The Balaban J connectivity index is 1.79. The molecule has 2 saturated heterocycles. The van der Waals surface area contributed by atoms with Crippen LogP contribution in [0.25, 0.3) is 0 Å². The standard InChI is InChI=1S/C16H30O10/c17-5-9-13(21)15(23)11(19)7(25-9)3-1-2-4-8-12(20)16(24)14(22)10(6-18)26-8/h7-24H,1-6H2/t7-,8-,9-,10-,11-,12+,13-,14-,15-,16-/m1/s1. The molecule has 154 valence electrons. The van der Waals surface area contributed by atoms with Crippen LogP contribution in [0.4, 0.5) is 0 Å². The average molecular weight is 382 g/mol. The predicted molar refractivity (Wildman–Crippen MR) is 86.0 cm³/mol. The summed E-state index contributed by atoms with van der Waals surface area (Å²) >= 11 is 0. The SMILES string of the molecule is OC[C@H]1O[C@H](CCCC[C@H]2O[C@H](CO)[C@@H](O)[C@H](O)[C@H]2O)[C@@H](O)[C@@H](O)[C@@H]1O. The smallest absolute Gasteiger partial charge is 0.111 e. The summed E-state index contributed by atoms with van der Waals surface area (Å²) in [6, 6.07) is 0. The maximum atomic E-state index is 9.97. The molecule has 0 aromatic carbocycles. The van der Waals surface area contributed by atoms with Crippen LogP contribution in [0, 0.1) is 0 Å². The van der Waals surface area contributed by atoms with Gasteiger partial charge in [0, 0.05) is 0 Å². The van der Waals surface area contributed by atoms with E-state index in [9.17, 15) is 30.6 Å². The molecule has 0 saturated carbocycles. The average Bonchev–Trinajstić information content (AvgIpc) is 2.64. The van der Waals surface area contributed by atoms with Gasteiger partial charge in [0.2, 0.25) is 0 Å². The van der Waals surface area contributed by atoms with Gasteiger partial charge in [-0.2, -0.15) is 0 Å². The molecule has 2 aliphatic rings. The lowest BCUT2D eigenvalue weighted by Gasteiger charge is -2.41.